The highest BCUT2D eigenvalue weighted by Crippen LogP contribution is 2.19. The highest BCUT2D eigenvalue weighted by molar-refractivity contribution is 9.10. The summed E-state index contributed by atoms with van der Waals surface area (Å²) in [6.07, 6.45) is 8.05. The Morgan fingerprint density at radius 2 is 2.12 bits per heavy atom. The van der Waals surface area contributed by atoms with Gasteiger partial charge in [-0.05, 0) is 46.6 Å². The van der Waals surface area contributed by atoms with Crippen molar-refractivity contribution < 1.29 is 9.53 Å². The van der Waals surface area contributed by atoms with Crippen LogP contribution in [0.15, 0.2) is 59.3 Å². The molecule has 1 aromatic carbocycles. The zero-order valence-corrected chi connectivity index (χ0v) is 16.1. The lowest BCUT2D eigenvalue weighted by atomic mass is 10.2. The molecule has 0 atom stereocenters. The molecule has 2 aromatic heterocycles. The van der Waals surface area contributed by atoms with E-state index in [1.54, 1.807) is 6.08 Å². The molecule has 0 fully saturated rings. The topological polar surface area (TPSA) is 55.6 Å². The first-order valence-electron chi connectivity index (χ1n) is 8.46. The molecule has 5 nitrogen and oxygen atoms in total. The largest absolute Gasteiger partial charge is 0.493 e. The van der Waals surface area contributed by atoms with Crippen LogP contribution in [0, 0.1) is 0 Å². The second kappa shape index (κ2) is 8.67. The third kappa shape index (κ3) is 4.73. The van der Waals surface area contributed by atoms with Crippen LogP contribution in [-0.2, 0) is 11.3 Å². The van der Waals surface area contributed by atoms with Crippen LogP contribution in [0.1, 0.15) is 24.6 Å². The van der Waals surface area contributed by atoms with E-state index >= 15 is 0 Å². The van der Waals surface area contributed by atoms with Crippen molar-refractivity contribution in [2.75, 3.05) is 6.61 Å². The zero-order valence-electron chi connectivity index (χ0n) is 14.5. The van der Waals surface area contributed by atoms with Gasteiger partial charge in [-0.1, -0.05) is 25.1 Å². The quantitative estimate of drug-likeness (QED) is 0.590. The summed E-state index contributed by atoms with van der Waals surface area (Å²) in [5, 5.41) is 2.85. The molecule has 0 bridgehead atoms. The molecular weight excluding hydrogens is 394 g/mol. The van der Waals surface area contributed by atoms with Gasteiger partial charge in [0.15, 0.2) is 0 Å². The van der Waals surface area contributed by atoms with Crippen molar-refractivity contribution in [1.82, 2.24) is 14.7 Å². The number of rotatable bonds is 7. The van der Waals surface area contributed by atoms with Crippen LogP contribution < -0.4 is 10.1 Å². The van der Waals surface area contributed by atoms with Gasteiger partial charge in [0.1, 0.15) is 11.4 Å². The molecule has 0 saturated carbocycles. The molecule has 0 unspecified atom stereocenters. The number of ether oxygens (including phenoxy) is 1. The fraction of sp³-hybridized carbons (Fsp3) is 0.200. The van der Waals surface area contributed by atoms with E-state index in [9.17, 15) is 4.79 Å². The van der Waals surface area contributed by atoms with Crippen LogP contribution in [0.4, 0.5) is 0 Å². The molecule has 134 valence electrons. The first-order chi connectivity index (χ1) is 12.7. The Morgan fingerprint density at radius 1 is 1.27 bits per heavy atom. The predicted molar refractivity (Wildman–Crippen MR) is 106 cm³/mol. The molecule has 26 heavy (non-hydrogen) atoms. The van der Waals surface area contributed by atoms with Gasteiger partial charge in [-0.15, -0.1) is 0 Å². The van der Waals surface area contributed by atoms with Gasteiger partial charge in [0.25, 0.3) is 0 Å². The Kier molecular flexibility index (Phi) is 6.07. The number of para-hydroxylation sites is 1. The molecule has 0 saturated heterocycles. The third-order valence-electron chi connectivity index (χ3n) is 3.70. The average Bonchev–Trinajstić information content (AvgIpc) is 3.05. The highest BCUT2D eigenvalue weighted by Gasteiger charge is 2.04. The number of amides is 1. The first-order valence-corrected chi connectivity index (χ1v) is 9.26. The van der Waals surface area contributed by atoms with Crippen molar-refractivity contribution in [1.29, 1.82) is 0 Å². The number of hydrogen-bond acceptors (Lipinski definition) is 3. The molecule has 2 heterocycles. The van der Waals surface area contributed by atoms with Gasteiger partial charge >= 0.3 is 0 Å². The average molecular weight is 414 g/mol. The smallest absolute Gasteiger partial charge is 0.244 e. The summed E-state index contributed by atoms with van der Waals surface area (Å²) in [6, 6.07) is 11.5. The van der Waals surface area contributed by atoms with Crippen LogP contribution in [0.2, 0.25) is 0 Å². The van der Waals surface area contributed by atoms with Gasteiger partial charge < -0.3 is 14.5 Å². The van der Waals surface area contributed by atoms with Crippen LogP contribution in [0.5, 0.6) is 5.75 Å². The number of nitrogens with zero attached hydrogens (tertiary/aromatic N) is 2. The van der Waals surface area contributed by atoms with Crippen molar-refractivity contribution in [3.8, 4) is 5.75 Å². The summed E-state index contributed by atoms with van der Waals surface area (Å²) in [7, 11) is 0. The molecule has 0 aliphatic carbocycles. The van der Waals surface area contributed by atoms with Gasteiger partial charge in [-0.2, -0.15) is 0 Å². The van der Waals surface area contributed by atoms with Crippen molar-refractivity contribution >= 4 is 33.6 Å². The van der Waals surface area contributed by atoms with Crippen molar-refractivity contribution in [2.24, 2.45) is 0 Å². The Morgan fingerprint density at radius 3 is 2.96 bits per heavy atom. The number of carbonyl (C=O) groups is 1. The normalized spacial score (nSPS) is 11.2. The van der Waals surface area contributed by atoms with E-state index < -0.39 is 0 Å². The molecule has 3 rings (SSSR count). The van der Waals surface area contributed by atoms with Crippen molar-refractivity contribution in [3.63, 3.8) is 0 Å². The number of halogens is 1. The fourth-order valence-corrected chi connectivity index (χ4v) is 2.82. The summed E-state index contributed by atoms with van der Waals surface area (Å²) in [6.45, 7) is 3.08. The van der Waals surface area contributed by atoms with Crippen LogP contribution >= 0.6 is 15.9 Å². The Hall–Kier alpha value is -2.60. The minimum absolute atomic E-state index is 0.173. The van der Waals surface area contributed by atoms with Crippen LogP contribution in [-0.4, -0.2) is 21.9 Å². The van der Waals surface area contributed by atoms with Gasteiger partial charge in [-0.25, -0.2) is 4.98 Å². The molecule has 0 spiro atoms. The second-order valence-corrected chi connectivity index (χ2v) is 6.70. The molecule has 6 heteroatoms. The molecular formula is C20H20BrN3O2. The van der Waals surface area contributed by atoms with Crippen molar-refractivity contribution in [2.45, 2.75) is 19.9 Å². The number of imidazole rings is 1. The van der Waals surface area contributed by atoms with E-state index in [1.807, 2.05) is 53.2 Å². The molecule has 3 aromatic rings. The number of benzene rings is 1. The molecule has 1 amide bonds. The highest BCUT2D eigenvalue weighted by atomic mass is 79.9. The lowest BCUT2D eigenvalue weighted by Gasteiger charge is -2.07. The van der Waals surface area contributed by atoms with E-state index in [0.717, 1.165) is 33.5 Å². The standard InChI is InChI=1S/C20H20BrN3O2/c1-2-11-26-18-6-4-3-5-15(18)7-10-20(25)22-12-17-14-24-13-16(21)8-9-19(24)23-17/h3-10,13-14H,2,11-12H2,1H3,(H,22,25)/b10-7+. The van der Waals surface area contributed by atoms with E-state index in [1.165, 1.54) is 6.08 Å². The number of fused-ring (bicyclic) bond motifs is 1. The fourth-order valence-electron chi connectivity index (χ4n) is 2.47. The summed E-state index contributed by atoms with van der Waals surface area (Å²) >= 11 is 3.43. The summed E-state index contributed by atoms with van der Waals surface area (Å²) in [4.78, 5) is 16.6. The lowest BCUT2D eigenvalue weighted by Crippen LogP contribution is -2.20. The molecule has 0 aliphatic rings. The Bertz CT molecular complexity index is 934. The lowest BCUT2D eigenvalue weighted by molar-refractivity contribution is -0.116. The number of carbonyl (C=O) groups excluding carboxylic acids is 1. The number of aromatic nitrogens is 2. The summed E-state index contributed by atoms with van der Waals surface area (Å²) in [5.74, 6) is 0.609. The minimum atomic E-state index is -0.173. The molecule has 0 aliphatic heterocycles. The minimum Gasteiger partial charge on any atom is -0.493 e. The first kappa shape index (κ1) is 18.2. The maximum atomic E-state index is 12.1. The Labute approximate surface area is 160 Å². The number of hydrogen-bond donors (Lipinski definition) is 1. The van der Waals surface area contributed by atoms with Crippen LogP contribution in [0.3, 0.4) is 0 Å². The van der Waals surface area contributed by atoms with E-state index in [4.69, 9.17) is 4.74 Å². The third-order valence-corrected chi connectivity index (χ3v) is 4.17. The SMILES string of the molecule is CCCOc1ccccc1/C=C/C(=O)NCc1cn2cc(Br)ccc2n1. The zero-order chi connectivity index (χ0) is 18.4. The molecule has 0 radical (unpaired) electrons. The van der Waals surface area contributed by atoms with Crippen molar-refractivity contribution in [3.05, 3.63) is 70.6 Å². The van der Waals surface area contributed by atoms with Gasteiger partial charge in [0, 0.05) is 28.5 Å². The monoisotopic (exact) mass is 413 g/mol. The van der Waals surface area contributed by atoms with E-state index in [2.05, 4.69) is 33.2 Å². The van der Waals surface area contributed by atoms with Crippen LogP contribution in [0.25, 0.3) is 11.7 Å². The van der Waals surface area contributed by atoms with Gasteiger partial charge in [0.2, 0.25) is 5.91 Å². The van der Waals surface area contributed by atoms with E-state index in [-0.39, 0.29) is 5.91 Å². The maximum Gasteiger partial charge on any atom is 0.244 e. The summed E-state index contributed by atoms with van der Waals surface area (Å²) in [5.41, 5.74) is 2.53. The van der Waals surface area contributed by atoms with Gasteiger partial charge in [-0.3, -0.25) is 4.79 Å². The second-order valence-electron chi connectivity index (χ2n) is 5.78. The number of nitrogens with one attached hydrogen (secondary N) is 1. The van der Waals surface area contributed by atoms with Gasteiger partial charge in [0.05, 0.1) is 18.8 Å². The van der Waals surface area contributed by atoms with E-state index in [0.29, 0.717) is 13.2 Å². The predicted octanol–water partition coefficient (Wildman–Crippen LogP) is 4.22. The Balaban J connectivity index is 1.60. The maximum absolute atomic E-state index is 12.1. The molecule has 1 N–H and O–H groups in total. The summed E-state index contributed by atoms with van der Waals surface area (Å²) < 4.78 is 8.59. The number of pyridine rings is 1.